The molecule has 1 heterocycles. The van der Waals surface area contributed by atoms with Gasteiger partial charge in [-0.2, -0.15) is 0 Å². The molecule has 2 rings (SSSR count). The fourth-order valence-corrected chi connectivity index (χ4v) is 2.61. The first-order chi connectivity index (χ1) is 10.1. The minimum Gasteiger partial charge on any atom is -0.398 e. The molecule has 0 unspecified atom stereocenters. The average Bonchev–Trinajstić information content (AvgIpc) is 2.47. The normalized spacial score (nSPS) is 16.9. The maximum Gasteiger partial charge on any atom is 0.253 e. The number of amides is 1. The minimum absolute atomic E-state index is 0.210. The van der Waals surface area contributed by atoms with Crippen LogP contribution in [0.15, 0.2) is 18.2 Å². The van der Waals surface area contributed by atoms with Crippen LogP contribution < -0.4 is 11.1 Å². The van der Waals surface area contributed by atoms with E-state index in [1.807, 2.05) is 0 Å². The summed E-state index contributed by atoms with van der Waals surface area (Å²) in [6, 6.07) is 3.85. The Kier molecular flexibility index (Phi) is 5.56. The van der Waals surface area contributed by atoms with Gasteiger partial charge >= 0.3 is 0 Å². The lowest BCUT2D eigenvalue weighted by atomic mass is 9.99. The Hall–Kier alpha value is -1.62. The van der Waals surface area contributed by atoms with Crippen LogP contribution in [-0.4, -0.2) is 37.0 Å². The lowest BCUT2D eigenvalue weighted by molar-refractivity contribution is 0.0951. The van der Waals surface area contributed by atoms with Crippen molar-refractivity contribution >= 4 is 11.6 Å². The van der Waals surface area contributed by atoms with Crippen LogP contribution in [0.1, 0.15) is 36.5 Å². The fraction of sp³-hybridized carbons (Fsp3) is 0.562. The molecule has 1 aromatic rings. The van der Waals surface area contributed by atoms with Gasteiger partial charge in [0.25, 0.3) is 5.91 Å². The maximum atomic E-state index is 13.1. The zero-order valence-corrected chi connectivity index (χ0v) is 12.6. The number of piperidine rings is 1. The molecule has 5 heteroatoms. The Morgan fingerprint density at radius 2 is 2.14 bits per heavy atom. The van der Waals surface area contributed by atoms with Crippen molar-refractivity contribution in [3.63, 3.8) is 0 Å². The van der Waals surface area contributed by atoms with E-state index in [-0.39, 0.29) is 11.5 Å². The Morgan fingerprint density at radius 3 is 2.86 bits per heavy atom. The van der Waals surface area contributed by atoms with Crippen molar-refractivity contribution in [2.45, 2.75) is 26.2 Å². The number of nitrogen functional groups attached to an aromatic ring is 1. The summed E-state index contributed by atoms with van der Waals surface area (Å²) in [5.74, 6) is 0.0768. The number of nitrogens with one attached hydrogen (secondary N) is 1. The number of rotatable bonds is 5. The molecule has 0 radical (unpaired) electrons. The van der Waals surface area contributed by atoms with Crippen molar-refractivity contribution in [2.24, 2.45) is 5.92 Å². The van der Waals surface area contributed by atoms with Crippen molar-refractivity contribution in [3.8, 4) is 0 Å². The smallest absolute Gasteiger partial charge is 0.253 e. The van der Waals surface area contributed by atoms with Crippen LogP contribution >= 0.6 is 0 Å². The van der Waals surface area contributed by atoms with E-state index < -0.39 is 5.82 Å². The third-order valence-electron chi connectivity index (χ3n) is 4.07. The van der Waals surface area contributed by atoms with E-state index >= 15 is 0 Å². The molecule has 3 N–H and O–H groups in total. The van der Waals surface area contributed by atoms with Gasteiger partial charge in [0, 0.05) is 12.2 Å². The van der Waals surface area contributed by atoms with Crippen molar-refractivity contribution in [1.29, 1.82) is 0 Å². The molecule has 116 valence electrons. The first-order valence-electron chi connectivity index (χ1n) is 7.62. The molecule has 0 bridgehead atoms. The number of hydrogen-bond acceptors (Lipinski definition) is 3. The van der Waals surface area contributed by atoms with Gasteiger partial charge in [-0.05, 0) is 63.0 Å². The largest absolute Gasteiger partial charge is 0.398 e. The molecule has 1 aliphatic heterocycles. The molecular formula is C16H24FN3O. The van der Waals surface area contributed by atoms with Crippen LogP contribution in [0.2, 0.25) is 0 Å². The number of nitrogens with two attached hydrogens (primary N) is 1. The van der Waals surface area contributed by atoms with Crippen molar-refractivity contribution in [1.82, 2.24) is 10.2 Å². The van der Waals surface area contributed by atoms with Crippen LogP contribution in [0.4, 0.5) is 10.1 Å². The summed E-state index contributed by atoms with van der Waals surface area (Å²) in [5.41, 5.74) is 6.20. The molecule has 0 spiro atoms. The second-order valence-corrected chi connectivity index (χ2v) is 5.87. The van der Waals surface area contributed by atoms with Crippen LogP contribution in [0, 0.1) is 11.7 Å². The predicted molar refractivity (Wildman–Crippen MR) is 82.6 cm³/mol. The number of anilines is 1. The fourth-order valence-electron chi connectivity index (χ4n) is 2.61. The van der Waals surface area contributed by atoms with Gasteiger partial charge in [0.05, 0.1) is 5.56 Å². The lowest BCUT2D eigenvalue weighted by Crippen LogP contribution is -2.35. The van der Waals surface area contributed by atoms with Gasteiger partial charge < -0.3 is 16.0 Å². The molecule has 0 atom stereocenters. The molecule has 0 saturated carbocycles. The van der Waals surface area contributed by atoms with Gasteiger partial charge in [-0.15, -0.1) is 0 Å². The van der Waals surface area contributed by atoms with E-state index in [0.717, 1.165) is 32.0 Å². The Bertz CT molecular complexity index is 484. The molecule has 0 aliphatic carbocycles. The van der Waals surface area contributed by atoms with Crippen molar-refractivity contribution in [2.75, 3.05) is 31.9 Å². The summed E-state index contributed by atoms with van der Waals surface area (Å²) in [6.45, 7) is 6.16. The Labute approximate surface area is 125 Å². The van der Waals surface area contributed by atoms with Gasteiger partial charge in [-0.3, -0.25) is 4.79 Å². The Morgan fingerprint density at radius 1 is 1.43 bits per heavy atom. The molecule has 1 fully saturated rings. The zero-order chi connectivity index (χ0) is 15.2. The van der Waals surface area contributed by atoms with E-state index in [9.17, 15) is 9.18 Å². The number of benzene rings is 1. The minimum atomic E-state index is -0.447. The van der Waals surface area contributed by atoms with E-state index in [1.165, 1.54) is 31.0 Å². The number of hydrogen-bond donors (Lipinski definition) is 2. The third-order valence-corrected chi connectivity index (χ3v) is 4.07. The van der Waals surface area contributed by atoms with Crippen LogP contribution in [0.3, 0.4) is 0 Å². The predicted octanol–water partition coefficient (Wildman–Crippen LogP) is 2.26. The summed E-state index contributed by atoms with van der Waals surface area (Å²) in [7, 11) is 0. The summed E-state index contributed by atoms with van der Waals surface area (Å²) in [5, 5.41) is 2.80. The topological polar surface area (TPSA) is 58.4 Å². The summed E-state index contributed by atoms with van der Waals surface area (Å²) in [4.78, 5) is 14.4. The monoisotopic (exact) mass is 293 g/mol. The highest BCUT2D eigenvalue weighted by Crippen LogP contribution is 2.16. The van der Waals surface area contributed by atoms with Gasteiger partial charge in [0.2, 0.25) is 0 Å². The van der Waals surface area contributed by atoms with Crippen LogP contribution in [-0.2, 0) is 0 Å². The quantitative estimate of drug-likeness (QED) is 0.647. The number of carbonyl (C=O) groups is 1. The molecule has 1 amide bonds. The standard InChI is InChI=1S/C16H24FN3O/c1-12-5-9-20(10-6-12)8-2-7-19-16(21)14-11-13(17)3-4-15(14)18/h3-4,11-12H,2,5-10,18H2,1H3,(H,19,21). The number of halogens is 1. The molecule has 0 aromatic heterocycles. The van der Waals surface area contributed by atoms with Gasteiger partial charge in [0.1, 0.15) is 5.82 Å². The van der Waals surface area contributed by atoms with E-state index in [4.69, 9.17) is 5.73 Å². The number of carbonyl (C=O) groups excluding carboxylic acids is 1. The van der Waals surface area contributed by atoms with Crippen molar-refractivity contribution in [3.05, 3.63) is 29.6 Å². The van der Waals surface area contributed by atoms with E-state index in [1.54, 1.807) is 0 Å². The molecule has 21 heavy (non-hydrogen) atoms. The molecule has 1 aliphatic rings. The molecule has 1 aromatic carbocycles. The van der Waals surface area contributed by atoms with E-state index in [0.29, 0.717) is 12.2 Å². The van der Waals surface area contributed by atoms with Gasteiger partial charge in [0.15, 0.2) is 0 Å². The number of likely N-dealkylation sites (tertiary alicyclic amines) is 1. The average molecular weight is 293 g/mol. The maximum absolute atomic E-state index is 13.1. The summed E-state index contributed by atoms with van der Waals surface area (Å²) in [6.07, 6.45) is 3.41. The Balaban J connectivity index is 1.71. The highest BCUT2D eigenvalue weighted by molar-refractivity contribution is 5.99. The summed E-state index contributed by atoms with van der Waals surface area (Å²) >= 11 is 0. The second kappa shape index (κ2) is 7.41. The zero-order valence-electron chi connectivity index (χ0n) is 12.6. The molecule has 4 nitrogen and oxygen atoms in total. The van der Waals surface area contributed by atoms with E-state index in [2.05, 4.69) is 17.1 Å². The molecular weight excluding hydrogens is 269 g/mol. The third kappa shape index (κ3) is 4.70. The lowest BCUT2D eigenvalue weighted by Gasteiger charge is -2.30. The second-order valence-electron chi connectivity index (χ2n) is 5.87. The van der Waals surface area contributed by atoms with Gasteiger partial charge in [-0.1, -0.05) is 6.92 Å². The highest BCUT2D eigenvalue weighted by atomic mass is 19.1. The van der Waals surface area contributed by atoms with Gasteiger partial charge in [-0.25, -0.2) is 4.39 Å². The van der Waals surface area contributed by atoms with Crippen molar-refractivity contribution < 1.29 is 9.18 Å². The van der Waals surface area contributed by atoms with Crippen LogP contribution in [0.25, 0.3) is 0 Å². The number of nitrogens with zero attached hydrogens (tertiary/aromatic N) is 1. The van der Waals surface area contributed by atoms with Crippen LogP contribution in [0.5, 0.6) is 0 Å². The first-order valence-corrected chi connectivity index (χ1v) is 7.62. The SMILES string of the molecule is CC1CCN(CCCNC(=O)c2cc(F)ccc2N)CC1. The first kappa shape index (κ1) is 15.8. The highest BCUT2D eigenvalue weighted by Gasteiger charge is 2.15. The molecule has 1 saturated heterocycles. The summed E-state index contributed by atoms with van der Waals surface area (Å²) < 4.78 is 13.1.